The Morgan fingerprint density at radius 3 is 2.45 bits per heavy atom. The molecule has 0 aromatic heterocycles. The number of hydrogen-bond donors (Lipinski definition) is 2. The number of ether oxygens (including phenoxy) is 1. The van der Waals surface area contributed by atoms with Crippen LogP contribution in [0.1, 0.15) is 34.1 Å². The predicted molar refractivity (Wildman–Crippen MR) is 88.8 cm³/mol. The van der Waals surface area contributed by atoms with E-state index in [1.165, 1.54) is 6.07 Å². The lowest BCUT2D eigenvalue weighted by atomic mass is 9.87. The average Bonchev–Trinajstić information content (AvgIpc) is 2.43. The molecular formula is C16H26ClFN2O2. The Morgan fingerprint density at radius 1 is 1.36 bits per heavy atom. The Labute approximate surface area is 138 Å². The van der Waals surface area contributed by atoms with Crippen LogP contribution in [0.2, 0.25) is 0 Å². The van der Waals surface area contributed by atoms with E-state index in [0.717, 1.165) is 0 Å². The molecule has 1 rings (SSSR count). The first kappa shape index (κ1) is 20.7. The first-order chi connectivity index (χ1) is 9.75. The molecule has 1 aromatic carbocycles. The molecule has 126 valence electrons. The van der Waals surface area contributed by atoms with E-state index in [-0.39, 0.29) is 35.6 Å². The van der Waals surface area contributed by atoms with Crippen molar-refractivity contribution in [1.29, 1.82) is 0 Å². The summed E-state index contributed by atoms with van der Waals surface area (Å²) in [4.78, 5) is 12.0. The number of carbonyl (C=O) groups excluding carboxylic acids is 1. The van der Waals surface area contributed by atoms with E-state index in [9.17, 15) is 9.18 Å². The zero-order chi connectivity index (χ0) is 16.0. The molecule has 4 nitrogen and oxygen atoms in total. The van der Waals surface area contributed by atoms with Crippen molar-refractivity contribution in [2.24, 2.45) is 11.1 Å². The molecule has 0 aliphatic heterocycles. The van der Waals surface area contributed by atoms with Crippen molar-refractivity contribution in [3.05, 3.63) is 30.1 Å². The van der Waals surface area contributed by atoms with Crippen molar-refractivity contribution in [1.82, 2.24) is 5.32 Å². The predicted octanol–water partition coefficient (Wildman–Crippen LogP) is 2.89. The molecule has 22 heavy (non-hydrogen) atoms. The third-order valence-corrected chi connectivity index (χ3v) is 3.31. The van der Waals surface area contributed by atoms with E-state index in [2.05, 4.69) is 5.32 Å². The smallest absolute Gasteiger partial charge is 0.237 e. The molecule has 0 spiro atoms. The fourth-order valence-electron chi connectivity index (χ4n) is 1.71. The minimum Gasteiger partial charge on any atom is -0.486 e. The molecule has 0 aliphatic carbocycles. The van der Waals surface area contributed by atoms with Crippen molar-refractivity contribution in [2.45, 2.75) is 46.3 Å². The molecule has 0 heterocycles. The van der Waals surface area contributed by atoms with Gasteiger partial charge < -0.3 is 15.8 Å². The van der Waals surface area contributed by atoms with Gasteiger partial charge in [0.2, 0.25) is 5.91 Å². The number of nitrogens with one attached hydrogen (secondary N) is 1. The van der Waals surface area contributed by atoms with Gasteiger partial charge in [0, 0.05) is 0 Å². The van der Waals surface area contributed by atoms with Gasteiger partial charge in [0.05, 0.1) is 12.6 Å². The maximum Gasteiger partial charge on any atom is 0.237 e. The second-order valence-electron chi connectivity index (χ2n) is 6.17. The summed E-state index contributed by atoms with van der Waals surface area (Å²) in [5, 5.41) is 2.77. The molecule has 0 aliphatic rings. The first-order valence-electron chi connectivity index (χ1n) is 7.20. The van der Waals surface area contributed by atoms with Crippen LogP contribution in [0.4, 0.5) is 4.39 Å². The van der Waals surface area contributed by atoms with Gasteiger partial charge in [0.15, 0.2) is 11.6 Å². The van der Waals surface area contributed by atoms with Gasteiger partial charge in [-0.05, 0) is 24.0 Å². The van der Waals surface area contributed by atoms with Gasteiger partial charge in [0.1, 0.15) is 6.10 Å². The van der Waals surface area contributed by atoms with Gasteiger partial charge in [-0.15, -0.1) is 12.4 Å². The zero-order valence-corrected chi connectivity index (χ0v) is 14.4. The quantitative estimate of drug-likeness (QED) is 0.842. The van der Waals surface area contributed by atoms with E-state index in [1.807, 2.05) is 27.7 Å². The second-order valence-corrected chi connectivity index (χ2v) is 6.17. The summed E-state index contributed by atoms with van der Waals surface area (Å²) >= 11 is 0. The SMILES string of the molecule is CCC(CNC(=O)[C@@H](N)C(C)(C)C)Oc1ccccc1F.Cl. The summed E-state index contributed by atoms with van der Waals surface area (Å²) in [6, 6.07) is 5.63. The summed E-state index contributed by atoms with van der Waals surface area (Å²) in [6.45, 7) is 7.94. The highest BCUT2D eigenvalue weighted by atomic mass is 35.5. The summed E-state index contributed by atoms with van der Waals surface area (Å²) < 4.78 is 19.1. The van der Waals surface area contributed by atoms with Gasteiger partial charge in [0.25, 0.3) is 0 Å². The van der Waals surface area contributed by atoms with Gasteiger partial charge >= 0.3 is 0 Å². The monoisotopic (exact) mass is 332 g/mol. The molecule has 3 N–H and O–H groups in total. The van der Waals surface area contributed by atoms with Crippen molar-refractivity contribution < 1.29 is 13.9 Å². The molecule has 0 fully saturated rings. The first-order valence-corrected chi connectivity index (χ1v) is 7.20. The number of amides is 1. The van der Waals surface area contributed by atoms with Crippen LogP contribution >= 0.6 is 12.4 Å². The minimum atomic E-state index is -0.594. The number of hydrogen-bond acceptors (Lipinski definition) is 3. The highest BCUT2D eigenvalue weighted by molar-refractivity contribution is 5.85. The largest absolute Gasteiger partial charge is 0.486 e. The fourth-order valence-corrected chi connectivity index (χ4v) is 1.71. The molecule has 2 atom stereocenters. The Balaban J connectivity index is 0.00000441. The van der Waals surface area contributed by atoms with E-state index in [1.54, 1.807) is 18.2 Å². The second kappa shape index (κ2) is 8.96. The molecule has 0 saturated carbocycles. The van der Waals surface area contributed by atoms with Crippen LogP contribution in [-0.2, 0) is 4.79 Å². The Bertz CT molecular complexity index is 477. The number of benzene rings is 1. The lowest BCUT2D eigenvalue weighted by Gasteiger charge is -2.27. The van der Waals surface area contributed by atoms with Crippen LogP contribution < -0.4 is 15.8 Å². The number of carbonyl (C=O) groups is 1. The topological polar surface area (TPSA) is 64.4 Å². The highest BCUT2D eigenvalue weighted by Crippen LogP contribution is 2.19. The summed E-state index contributed by atoms with van der Waals surface area (Å²) in [7, 11) is 0. The maximum atomic E-state index is 13.5. The molecule has 1 aromatic rings. The molecular weight excluding hydrogens is 307 g/mol. The van der Waals surface area contributed by atoms with Gasteiger partial charge in [-0.1, -0.05) is 39.8 Å². The fraction of sp³-hybridized carbons (Fsp3) is 0.562. The molecule has 0 saturated heterocycles. The van der Waals surface area contributed by atoms with Crippen molar-refractivity contribution in [3.8, 4) is 5.75 Å². The standard InChI is InChI=1S/C16H25FN2O2.ClH/c1-5-11(21-13-9-7-6-8-12(13)17)10-19-15(20)14(18)16(2,3)4;/h6-9,11,14H,5,10,18H2,1-4H3,(H,19,20);1H/t11?,14-;/m1./s1. The van der Waals surface area contributed by atoms with E-state index in [4.69, 9.17) is 10.5 Å². The number of halogens is 2. The van der Waals surface area contributed by atoms with Gasteiger partial charge in [-0.25, -0.2) is 4.39 Å². The van der Waals surface area contributed by atoms with Crippen LogP contribution in [-0.4, -0.2) is 24.6 Å². The maximum absolute atomic E-state index is 13.5. The van der Waals surface area contributed by atoms with Crippen LogP contribution in [0.3, 0.4) is 0 Å². The van der Waals surface area contributed by atoms with Crippen molar-refractivity contribution in [3.63, 3.8) is 0 Å². The van der Waals surface area contributed by atoms with Crippen LogP contribution in [0.15, 0.2) is 24.3 Å². The number of nitrogens with two attached hydrogens (primary N) is 1. The lowest BCUT2D eigenvalue weighted by molar-refractivity contribution is -0.124. The normalized spacial score (nSPS) is 13.7. The van der Waals surface area contributed by atoms with Crippen LogP contribution in [0, 0.1) is 11.2 Å². The summed E-state index contributed by atoms with van der Waals surface area (Å²) in [5.41, 5.74) is 5.58. The van der Waals surface area contributed by atoms with Gasteiger partial charge in [-0.3, -0.25) is 4.79 Å². The summed E-state index contributed by atoms with van der Waals surface area (Å²) in [6.07, 6.45) is 0.359. The number of rotatable bonds is 6. The Kier molecular flexibility index (Phi) is 8.41. The van der Waals surface area contributed by atoms with E-state index < -0.39 is 11.9 Å². The van der Waals surface area contributed by atoms with Crippen LogP contribution in [0.25, 0.3) is 0 Å². The summed E-state index contributed by atoms with van der Waals surface area (Å²) in [5.74, 6) is -0.439. The molecule has 1 amide bonds. The molecule has 0 bridgehead atoms. The average molecular weight is 333 g/mol. The van der Waals surface area contributed by atoms with Crippen molar-refractivity contribution in [2.75, 3.05) is 6.54 Å². The molecule has 1 unspecified atom stereocenters. The van der Waals surface area contributed by atoms with E-state index >= 15 is 0 Å². The lowest BCUT2D eigenvalue weighted by Crippen LogP contribution is -2.50. The van der Waals surface area contributed by atoms with Crippen molar-refractivity contribution >= 4 is 18.3 Å². The molecule has 6 heteroatoms. The third kappa shape index (κ3) is 6.20. The zero-order valence-electron chi connectivity index (χ0n) is 13.6. The Hall–Kier alpha value is -1.33. The van der Waals surface area contributed by atoms with E-state index in [0.29, 0.717) is 13.0 Å². The third-order valence-electron chi connectivity index (χ3n) is 3.31. The molecule has 0 radical (unpaired) electrons. The van der Waals surface area contributed by atoms with Gasteiger partial charge in [-0.2, -0.15) is 0 Å². The highest BCUT2D eigenvalue weighted by Gasteiger charge is 2.27. The number of para-hydroxylation sites is 1. The minimum absolute atomic E-state index is 0. The Morgan fingerprint density at radius 2 is 1.95 bits per heavy atom. The van der Waals surface area contributed by atoms with Crippen LogP contribution in [0.5, 0.6) is 5.75 Å².